The SMILES string of the molecule is N#Cc1cnc(NCc2ccccc2Cl)nc1NC[C@]12CC3C[C@H](C1)[C@@H](NCC(=O)N1CCNCC1)[C@@H](C3)C2. The molecule has 1 saturated heterocycles. The Balaban J connectivity index is 1.08. The van der Waals surface area contributed by atoms with E-state index in [9.17, 15) is 10.1 Å². The average Bonchev–Trinajstić information content (AvgIpc) is 2.95. The van der Waals surface area contributed by atoms with Crippen molar-refractivity contribution in [1.82, 2.24) is 25.5 Å². The molecule has 9 nitrogen and oxygen atoms in total. The second-order valence-corrected chi connectivity index (χ2v) is 12.3. The first-order valence-electron chi connectivity index (χ1n) is 14.2. The number of nitrogens with zero attached hydrogens (tertiary/aromatic N) is 4. The number of hydrogen-bond donors (Lipinski definition) is 4. The quantitative estimate of drug-likeness (QED) is 0.377. The minimum atomic E-state index is 0.208. The molecule has 1 unspecified atom stereocenters. The molecule has 5 atom stereocenters. The summed E-state index contributed by atoms with van der Waals surface area (Å²) in [5.41, 5.74) is 1.63. The fourth-order valence-electron chi connectivity index (χ4n) is 7.74. The van der Waals surface area contributed by atoms with Crippen molar-refractivity contribution in [3.05, 3.63) is 46.6 Å². The van der Waals surface area contributed by atoms with Crippen molar-refractivity contribution in [3.8, 4) is 6.07 Å². The van der Waals surface area contributed by atoms with E-state index in [0.29, 0.717) is 53.3 Å². The fourth-order valence-corrected chi connectivity index (χ4v) is 7.95. The highest BCUT2D eigenvalue weighted by molar-refractivity contribution is 6.31. The summed E-state index contributed by atoms with van der Waals surface area (Å²) in [4.78, 5) is 23.7. The molecule has 2 aromatic rings. The van der Waals surface area contributed by atoms with Gasteiger partial charge in [-0.1, -0.05) is 29.8 Å². The van der Waals surface area contributed by atoms with Crippen LogP contribution in [0.1, 0.15) is 43.2 Å². The molecule has 5 aliphatic rings. The van der Waals surface area contributed by atoms with E-state index in [-0.39, 0.29) is 11.3 Å². The number of carbonyl (C=O) groups excluding carboxylic acids is 1. The van der Waals surface area contributed by atoms with Crippen LogP contribution in [-0.2, 0) is 11.3 Å². The van der Waals surface area contributed by atoms with Gasteiger partial charge in [-0.25, -0.2) is 4.98 Å². The Morgan fingerprint density at radius 3 is 2.67 bits per heavy atom. The van der Waals surface area contributed by atoms with Crippen molar-refractivity contribution in [2.45, 2.75) is 44.7 Å². The van der Waals surface area contributed by atoms with Crippen LogP contribution in [-0.4, -0.2) is 66.1 Å². The van der Waals surface area contributed by atoms with Crippen LogP contribution in [0, 0.1) is 34.5 Å². The summed E-state index contributed by atoms with van der Waals surface area (Å²) in [7, 11) is 0. The highest BCUT2D eigenvalue weighted by atomic mass is 35.5. The molecule has 4 saturated carbocycles. The second kappa shape index (κ2) is 11.3. The predicted octanol–water partition coefficient (Wildman–Crippen LogP) is 3.24. The lowest BCUT2D eigenvalue weighted by atomic mass is 9.48. The third-order valence-electron chi connectivity index (χ3n) is 9.29. The van der Waals surface area contributed by atoms with Crippen LogP contribution in [0.3, 0.4) is 0 Å². The Morgan fingerprint density at radius 2 is 1.92 bits per heavy atom. The monoisotopic (exact) mass is 548 g/mol. The molecule has 1 aromatic heterocycles. The maximum absolute atomic E-state index is 12.8. The van der Waals surface area contributed by atoms with Crippen LogP contribution in [0.25, 0.3) is 0 Å². The molecule has 5 fully saturated rings. The Kier molecular flexibility index (Phi) is 7.61. The summed E-state index contributed by atoms with van der Waals surface area (Å²) in [6, 6.07) is 10.3. The van der Waals surface area contributed by atoms with E-state index in [1.807, 2.05) is 29.2 Å². The van der Waals surface area contributed by atoms with Gasteiger partial charge in [-0.2, -0.15) is 10.2 Å². The molecule has 1 aliphatic heterocycles. The van der Waals surface area contributed by atoms with Crippen LogP contribution in [0.5, 0.6) is 0 Å². The van der Waals surface area contributed by atoms with Gasteiger partial charge in [0.1, 0.15) is 17.5 Å². The topological polar surface area (TPSA) is 118 Å². The number of nitrogens with one attached hydrogen (secondary N) is 4. The van der Waals surface area contributed by atoms with Crippen molar-refractivity contribution >= 4 is 29.3 Å². The van der Waals surface area contributed by atoms with Crippen LogP contribution in [0.2, 0.25) is 5.02 Å². The summed E-state index contributed by atoms with van der Waals surface area (Å²) >= 11 is 6.29. The first-order chi connectivity index (χ1) is 19.0. The van der Waals surface area contributed by atoms with Crippen LogP contribution in [0.15, 0.2) is 30.5 Å². The van der Waals surface area contributed by atoms with Crippen molar-refractivity contribution in [2.24, 2.45) is 23.2 Å². The molecule has 0 spiro atoms. The number of piperazine rings is 1. The maximum atomic E-state index is 12.8. The molecule has 1 aromatic carbocycles. The Hall–Kier alpha value is -2.93. The zero-order chi connectivity index (χ0) is 26.8. The first-order valence-corrected chi connectivity index (χ1v) is 14.6. The molecular weight excluding hydrogens is 512 g/mol. The third-order valence-corrected chi connectivity index (χ3v) is 9.66. The van der Waals surface area contributed by atoms with Gasteiger partial charge < -0.3 is 26.2 Å². The van der Waals surface area contributed by atoms with E-state index < -0.39 is 0 Å². The van der Waals surface area contributed by atoms with E-state index in [0.717, 1.165) is 57.0 Å². The lowest BCUT2D eigenvalue weighted by molar-refractivity contribution is -0.132. The lowest BCUT2D eigenvalue weighted by Crippen LogP contribution is -2.61. The van der Waals surface area contributed by atoms with Gasteiger partial charge >= 0.3 is 0 Å². The van der Waals surface area contributed by atoms with Gasteiger partial charge in [0.15, 0.2) is 0 Å². The van der Waals surface area contributed by atoms with Crippen molar-refractivity contribution in [1.29, 1.82) is 5.26 Å². The Morgan fingerprint density at radius 1 is 1.15 bits per heavy atom. The fraction of sp³-hybridized carbons (Fsp3) is 0.586. The predicted molar refractivity (Wildman–Crippen MR) is 151 cm³/mol. The normalized spacial score (nSPS) is 29.2. The largest absolute Gasteiger partial charge is 0.368 e. The number of anilines is 2. The number of halogens is 1. The second-order valence-electron chi connectivity index (χ2n) is 11.9. The molecule has 0 radical (unpaired) electrons. The van der Waals surface area contributed by atoms with Gasteiger partial charge in [-0.15, -0.1) is 0 Å². The van der Waals surface area contributed by atoms with Crippen LogP contribution >= 0.6 is 11.6 Å². The minimum absolute atomic E-state index is 0.208. The summed E-state index contributed by atoms with van der Waals surface area (Å²) in [5.74, 6) is 3.24. The van der Waals surface area contributed by atoms with E-state index in [4.69, 9.17) is 11.6 Å². The van der Waals surface area contributed by atoms with Gasteiger partial charge in [-0.05, 0) is 66.9 Å². The van der Waals surface area contributed by atoms with Gasteiger partial charge in [0.2, 0.25) is 11.9 Å². The maximum Gasteiger partial charge on any atom is 0.236 e. The zero-order valence-corrected chi connectivity index (χ0v) is 23.0. The molecule has 39 heavy (non-hydrogen) atoms. The highest BCUT2D eigenvalue weighted by Crippen LogP contribution is 2.60. The van der Waals surface area contributed by atoms with E-state index in [1.165, 1.54) is 19.3 Å². The van der Waals surface area contributed by atoms with Crippen molar-refractivity contribution < 1.29 is 4.79 Å². The van der Waals surface area contributed by atoms with E-state index >= 15 is 0 Å². The van der Waals surface area contributed by atoms with Gasteiger partial charge in [0.05, 0.1) is 12.7 Å². The van der Waals surface area contributed by atoms with Crippen molar-refractivity contribution in [2.75, 3.05) is 49.9 Å². The number of hydrogen-bond acceptors (Lipinski definition) is 8. The van der Waals surface area contributed by atoms with Crippen LogP contribution in [0.4, 0.5) is 11.8 Å². The zero-order valence-electron chi connectivity index (χ0n) is 22.3. The molecule has 4 N–H and O–H groups in total. The number of nitriles is 1. The number of aromatic nitrogens is 2. The summed E-state index contributed by atoms with van der Waals surface area (Å²) < 4.78 is 0. The van der Waals surface area contributed by atoms with E-state index in [2.05, 4.69) is 37.3 Å². The molecule has 10 heteroatoms. The molecule has 4 bridgehead atoms. The van der Waals surface area contributed by atoms with E-state index in [1.54, 1.807) is 6.20 Å². The number of carbonyl (C=O) groups is 1. The molecule has 7 rings (SSSR count). The molecule has 206 valence electrons. The standard InChI is InChI=1S/C29H37ClN8O/c30-24-4-2-1-3-20(24)15-34-28-35-16-23(14-31)27(37-28)36-18-29-11-19-9-21(12-29)26(22(10-19)13-29)33-17-25(39)38-7-5-32-6-8-38/h1-4,16,19,21-22,26,32-33H,5-13,15,17-18H2,(H2,34,35,36,37)/t19?,21-,22+,26-,29-. The summed E-state index contributed by atoms with van der Waals surface area (Å²) in [6.07, 6.45) is 7.62. The van der Waals surface area contributed by atoms with Gasteiger partial charge in [-0.3, -0.25) is 4.79 Å². The highest BCUT2D eigenvalue weighted by Gasteiger charge is 2.55. The molecule has 1 amide bonds. The minimum Gasteiger partial charge on any atom is -0.368 e. The number of rotatable bonds is 9. The molecule has 4 aliphatic carbocycles. The average molecular weight is 549 g/mol. The van der Waals surface area contributed by atoms with Gasteiger partial charge in [0, 0.05) is 50.3 Å². The summed E-state index contributed by atoms with van der Waals surface area (Å²) in [6.45, 7) is 5.14. The summed E-state index contributed by atoms with van der Waals surface area (Å²) in [5, 5.41) is 24.2. The Bertz CT molecular complexity index is 1230. The van der Waals surface area contributed by atoms with Gasteiger partial charge in [0.25, 0.3) is 0 Å². The Labute approximate surface area is 235 Å². The van der Waals surface area contributed by atoms with Crippen LogP contribution < -0.4 is 21.3 Å². The number of amides is 1. The third kappa shape index (κ3) is 5.69. The molecular formula is C29H37ClN8O. The van der Waals surface area contributed by atoms with Crippen molar-refractivity contribution in [3.63, 3.8) is 0 Å². The number of benzene rings is 1. The lowest BCUT2D eigenvalue weighted by Gasteiger charge is -2.60. The molecule has 2 heterocycles. The smallest absolute Gasteiger partial charge is 0.236 e. The first kappa shape index (κ1) is 26.3.